The van der Waals surface area contributed by atoms with Gasteiger partial charge in [0.1, 0.15) is 5.02 Å². The number of aromatic amines is 1. The number of pyridine rings is 2. The molecule has 0 aliphatic heterocycles. The molecule has 0 fully saturated rings. The van der Waals surface area contributed by atoms with E-state index in [1.165, 1.54) is 0 Å². The highest BCUT2D eigenvalue weighted by Crippen LogP contribution is 2.21. The van der Waals surface area contributed by atoms with Crippen LogP contribution in [0.25, 0.3) is 11.3 Å². The van der Waals surface area contributed by atoms with E-state index in [1.807, 2.05) is 13.0 Å². The van der Waals surface area contributed by atoms with Gasteiger partial charge in [-0.2, -0.15) is 0 Å². The van der Waals surface area contributed by atoms with Crippen LogP contribution in [0.2, 0.25) is 5.02 Å². The monoisotopic (exact) mass is 312 g/mol. The third-order valence-corrected chi connectivity index (χ3v) is 3.41. The van der Waals surface area contributed by atoms with Gasteiger partial charge >= 0.3 is 0 Å². The summed E-state index contributed by atoms with van der Waals surface area (Å²) in [5.74, 6) is 0. The van der Waals surface area contributed by atoms with Crippen molar-refractivity contribution in [2.75, 3.05) is 0 Å². The molecule has 2 aromatic rings. The fourth-order valence-corrected chi connectivity index (χ4v) is 2.06. The van der Waals surface area contributed by atoms with Gasteiger partial charge in [0.05, 0.1) is 11.3 Å². The molecule has 0 atom stereocenters. The van der Waals surface area contributed by atoms with Crippen molar-refractivity contribution in [2.45, 2.75) is 13.8 Å². The van der Waals surface area contributed by atoms with Crippen molar-refractivity contribution in [3.63, 3.8) is 0 Å². The van der Waals surface area contributed by atoms with Crippen molar-refractivity contribution in [1.82, 2.24) is 9.97 Å². The molecule has 2 aromatic heterocycles. The van der Waals surface area contributed by atoms with Crippen molar-refractivity contribution < 1.29 is 0 Å². The van der Waals surface area contributed by atoms with Gasteiger partial charge in [-0.05, 0) is 41.9 Å². The van der Waals surface area contributed by atoms with Crippen LogP contribution in [-0.2, 0) is 0 Å². The lowest BCUT2D eigenvalue weighted by Crippen LogP contribution is -2.12. The first-order valence-electron chi connectivity index (χ1n) is 5.01. The maximum atomic E-state index is 12.1. The third kappa shape index (κ3) is 2.28. The molecular formula is C12H10BrClN2O. The lowest BCUT2D eigenvalue weighted by atomic mass is 10.1. The zero-order valence-corrected chi connectivity index (χ0v) is 11.7. The van der Waals surface area contributed by atoms with Crippen LogP contribution in [0.1, 0.15) is 11.4 Å². The van der Waals surface area contributed by atoms with E-state index in [4.69, 9.17) is 11.6 Å². The van der Waals surface area contributed by atoms with Crippen LogP contribution < -0.4 is 5.43 Å². The van der Waals surface area contributed by atoms with Crippen molar-refractivity contribution in [3.8, 4) is 11.3 Å². The van der Waals surface area contributed by atoms with Gasteiger partial charge in [0.25, 0.3) is 0 Å². The van der Waals surface area contributed by atoms with Crippen molar-refractivity contribution >= 4 is 27.5 Å². The Morgan fingerprint density at radius 2 is 2.00 bits per heavy atom. The number of aromatic nitrogens is 2. The zero-order chi connectivity index (χ0) is 12.6. The molecule has 0 radical (unpaired) electrons. The lowest BCUT2D eigenvalue weighted by molar-refractivity contribution is 1.10. The summed E-state index contributed by atoms with van der Waals surface area (Å²) in [5, 5.41) is 0.218. The number of nitrogens with zero attached hydrogens (tertiary/aromatic N) is 1. The first kappa shape index (κ1) is 12.3. The van der Waals surface area contributed by atoms with Gasteiger partial charge in [0.2, 0.25) is 5.43 Å². The number of hydrogen-bond donors (Lipinski definition) is 1. The number of aryl methyl sites for hydroxylation is 2. The number of nitrogens with one attached hydrogen (secondary N) is 1. The summed E-state index contributed by atoms with van der Waals surface area (Å²) in [6, 6.07) is 3.63. The molecule has 0 unspecified atom stereocenters. The Kier molecular flexibility index (Phi) is 3.35. The van der Waals surface area contributed by atoms with E-state index in [2.05, 4.69) is 25.9 Å². The second kappa shape index (κ2) is 4.63. The van der Waals surface area contributed by atoms with Crippen LogP contribution >= 0.6 is 27.5 Å². The molecule has 0 spiro atoms. The number of H-pyrrole nitrogens is 1. The van der Waals surface area contributed by atoms with Gasteiger partial charge in [0.15, 0.2) is 0 Å². The van der Waals surface area contributed by atoms with Gasteiger partial charge in [0, 0.05) is 22.1 Å². The van der Waals surface area contributed by atoms with E-state index in [9.17, 15) is 4.79 Å². The highest BCUT2D eigenvalue weighted by Gasteiger charge is 2.13. The highest BCUT2D eigenvalue weighted by atomic mass is 79.9. The van der Waals surface area contributed by atoms with E-state index in [1.54, 1.807) is 19.2 Å². The van der Waals surface area contributed by atoms with E-state index in [0.717, 1.165) is 10.2 Å². The third-order valence-electron chi connectivity index (χ3n) is 2.49. The van der Waals surface area contributed by atoms with Crippen LogP contribution in [0.4, 0.5) is 0 Å². The van der Waals surface area contributed by atoms with E-state index in [-0.39, 0.29) is 10.5 Å². The molecule has 5 heteroatoms. The minimum Gasteiger partial charge on any atom is -0.361 e. The SMILES string of the molecule is Cc1[nH]c(C)c(-c2ccc(Br)cn2)c(=O)c1Cl. The second-order valence-corrected chi connectivity index (χ2v) is 5.05. The van der Waals surface area contributed by atoms with Crippen LogP contribution in [0, 0.1) is 13.8 Å². The number of rotatable bonds is 1. The first-order valence-corrected chi connectivity index (χ1v) is 6.18. The van der Waals surface area contributed by atoms with E-state index < -0.39 is 0 Å². The normalized spacial score (nSPS) is 10.6. The summed E-state index contributed by atoms with van der Waals surface area (Å²) in [4.78, 5) is 19.4. The molecule has 0 bridgehead atoms. The summed E-state index contributed by atoms with van der Waals surface area (Å²) in [7, 11) is 0. The van der Waals surface area contributed by atoms with E-state index >= 15 is 0 Å². The van der Waals surface area contributed by atoms with Crippen molar-refractivity contribution in [3.05, 3.63) is 49.4 Å². The molecule has 2 heterocycles. The summed E-state index contributed by atoms with van der Waals surface area (Å²) >= 11 is 9.26. The van der Waals surface area contributed by atoms with E-state index in [0.29, 0.717) is 17.0 Å². The molecule has 3 nitrogen and oxygen atoms in total. The maximum Gasteiger partial charge on any atom is 0.210 e. The first-order chi connectivity index (χ1) is 8.00. The molecule has 0 aliphatic rings. The molecule has 88 valence electrons. The molecule has 1 N–H and O–H groups in total. The summed E-state index contributed by atoms with van der Waals surface area (Å²) in [5.41, 5.74) is 2.40. The minimum atomic E-state index is -0.185. The summed E-state index contributed by atoms with van der Waals surface area (Å²) in [6.45, 7) is 3.61. The predicted molar refractivity (Wildman–Crippen MR) is 72.5 cm³/mol. The molecule has 0 aromatic carbocycles. The molecule has 0 saturated heterocycles. The standard InChI is InChI=1S/C12H10BrClN2O/c1-6-10(9-4-3-8(13)5-15-9)12(17)11(14)7(2)16-6/h3-5H,1-2H3,(H,16,17). The van der Waals surface area contributed by atoms with Crippen LogP contribution in [0.5, 0.6) is 0 Å². The molecule has 0 aliphatic carbocycles. The van der Waals surface area contributed by atoms with Crippen molar-refractivity contribution in [1.29, 1.82) is 0 Å². The predicted octanol–water partition coefficient (Wildman–Crippen LogP) is 3.47. The summed E-state index contributed by atoms with van der Waals surface area (Å²) < 4.78 is 0.869. The van der Waals surface area contributed by atoms with Gasteiger partial charge in [-0.1, -0.05) is 11.6 Å². The van der Waals surface area contributed by atoms with Crippen LogP contribution in [-0.4, -0.2) is 9.97 Å². The highest BCUT2D eigenvalue weighted by molar-refractivity contribution is 9.10. The smallest absolute Gasteiger partial charge is 0.210 e. The number of hydrogen-bond acceptors (Lipinski definition) is 2. The van der Waals surface area contributed by atoms with Gasteiger partial charge in [-0.25, -0.2) is 0 Å². The molecule has 17 heavy (non-hydrogen) atoms. The molecule has 0 saturated carbocycles. The largest absolute Gasteiger partial charge is 0.361 e. The van der Waals surface area contributed by atoms with Gasteiger partial charge < -0.3 is 4.98 Å². The average Bonchev–Trinajstić information content (AvgIpc) is 2.29. The molecular weight excluding hydrogens is 304 g/mol. The minimum absolute atomic E-state index is 0.185. The van der Waals surface area contributed by atoms with Gasteiger partial charge in [-0.15, -0.1) is 0 Å². The Bertz CT molecular complexity index is 620. The Morgan fingerprint density at radius 1 is 1.29 bits per heavy atom. The molecule has 0 amide bonds. The lowest BCUT2D eigenvalue weighted by Gasteiger charge is -2.07. The van der Waals surface area contributed by atoms with Crippen molar-refractivity contribution in [2.24, 2.45) is 0 Å². The Hall–Kier alpha value is -1.13. The fraction of sp³-hybridized carbons (Fsp3) is 0.167. The topological polar surface area (TPSA) is 45.8 Å². The Balaban J connectivity index is 2.72. The zero-order valence-electron chi connectivity index (χ0n) is 9.34. The maximum absolute atomic E-state index is 12.1. The second-order valence-electron chi connectivity index (χ2n) is 3.75. The fourth-order valence-electron chi connectivity index (χ4n) is 1.68. The summed E-state index contributed by atoms with van der Waals surface area (Å²) in [6.07, 6.45) is 1.65. The van der Waals surface area contributed by atoms with Gasteiger partial charge in [-0.3, -0.25) is 9.78 Å². The number of halogens is 2. The van der Waals surface area contributed by atoms with Crippen LogP contribution in [0.15, 0.2) is 27.6 Å². The Labute approximate surface area is 112 Å². The molecule has 2 rings (SSSR count). The van der Waals surface area contributed by atoms with Crippen LogP contribution in [0.3, 0.4) is 0 Å². The Morgan fingerprint density at radius 3 is 2.59 bits per heavy atom. The quantitative estimate of drug-likeness (QED) is 0.876. The average molecular weight is 314 g/mol.